The number of ketones is 1. The van der Waals surface area contributed by atoms with E-state index in [1.165, 1.54) is 24.8 Å². The third-order valence-corrected chi connectivity index (χ3v) is 5.76. The van der Waals surface area contributed by atoms with Crippen LogP contribution in [0.3, 0.4) is 0 Å². The number of benzene rings is 1. The number of aryl methyl sites for hydroxylation is 1. The summed E-state index contributed by atoms with van der Waals surface area (Å²) in [5.41, 5.74) is 2.75. The summed E-state index contributed by atoms with van der Waals surface area (Å²) in [4.78, 5) is 15.5. The van der Waals surface area contributed by atoms with Gasteiger partial charge < -0.3 is 0 Å². The van der Waals surface area contributed by atoms with E-state index in [4.69, 9.17) is 0 Å². The lowest BCUT2D eigenvalue weighted by molar-refractivity contribution is 0.00888. The minimum atomic E-state index is 0.0966. The van der Waals surface area contributed by atoms with E-state index in [9.17, 15) is 4.79 Å². The van der Waals surface area contributed by atoms with Crippen LogP contribution in [0.1, 0.15) is 53.8 Å². The van der Waals surface area contributed by atoms with Gasteiger partial charge in [-0.25, -0.2) is 0 Å². The number of carbonyl (C=O) groups is 1. The molecular formula is C21H25N3O. The molecule has 4 heteroatoms. The molecule has 2 aliphatic rings. The molecule has 2 saturated heterocycles. The van der Waals surface area contributed by atoms with Crippen LogP contribution in [-0.2, 0) is 6.54 Å². The first-order valence-corrected chi connectivity index (χ1v) is 9.35. The van der Waals surface area contributed by atoms with Gasteiger partial charge in [-0.15, -0.1) is 5.10 Å². The van der Waals surface area contributed by atoms with Crippen molar-refractivity contribution in [3.05, 3.63) is 59.4 Å². The molecule has 3 heterocycles. The zero-order chi connectivity index (χ0) is 17.2. The zero-order valence-electron chi connectivity index (χ0n) is 14.8. The number of carbonyl (C=O) groups excluding carboxylic acids is 1. The second-order valence-corrected chi connectivity index (χ2v) is 7.49. The molecule has 0 spiro atoms. The fourth-order valence-electron chi connectivity index (χ4n) is 4.48. The number of nitrogens with zero attached hydrogens (tertiary/aromatic N) is 3. The summed E-state index contributed by atoms with van der Waals surface area (Å²) in [6.07, 6.45) is 5.60. The van der Waals surface area contributed by atoms with Crippen LogP contribution in [0.5, 0.6) is 0 Å². The predicted molar refractivity (Wildman–Crippen MR) is 97.2 cm³/mol. The van der Waals surface area contributed by atoms with E-state index in [0.717, 1.165) is 25.1 Å². The number of hydrogen-bond acceptors (Lipinski definition) is 4. The molecule has 0 amide bonds. The highest BCUT2D eigenvalue weighted by Crippen LogP contribution is 2.39. The third kappa shape index (κ3) is 3.49. The molecule has 4 rings (SSSR count). The number of piperidine rings is 2. The van der Waals surface area contributed by atoms with Crippen LogP contribution in [0, 0.1) is 12.8 Å². The van der Waals surface area contributed by atoms with Gasteiger partial charge in [-0.1, -0.05) is 36.8 Å². The van der Waals surface area contributed by atoms with Crippen molar-refractivity contribution in [1.82, 2.24) is 15.1 Å². The number of aromatic nitrogens is 2. The van der Waals surface area contributed by atoms with E-state index in [1.807, 2.05) is 19.1 Å². The zero-order valence-corrected chi connectivity index (χ0v) is 14.8. The maximum Gasteiger partial charge on any atom is 0.186 e. The molecule has 2 aromatic rings. The summed E-state index contributed by atoms with van der Waals surface area (Å²) in [6, 6.07) is 15.4. The fourth-order valence-corrected chi connectivity index (χ4v) is 4.48. The molecular weight excluding hydrogens is 310 g/mol. The summed E-state index contributed by atoms with van der Waals surface area (Å²) in [6.45, 7) is 2.90. The van der Waals surface area contributed by atoms with Gasteiger partial charge >= 0.3 is 0 Å². The highest BCUT2D eigenvalue weighted by molar-refractivity contribution is 5.96. The smallest absolute Gasteiger partial charge is 0.186 e. The standard InChI is InChI=1S/C21H25N3O/c1-15-10-11-20(23-22-15)21(25)17-12-18-8-5-9-19(13-17)24(18)14-16-6-3-2-4-7-16/h2-4,6-7,10-11,17-19H,5,8-9,12-14H2,1H3. The first kappa shape index (κ1) is 16.4. The summed E-state index contributed by atoms with van der Waals surface area (Å²) in [5.74, 6) is 0.281. The van der Waals surface area contributed by atoms with Crippen molar-refractivity contribution in [2.75, 3.05) is 0 Å². The van der Waals surface area contributed by atoms with E-state index in [2.05, 4.69) is 45.4 Å². The lowest BCUT2D eigenvalue weighted by atomic mass is 9.76. The normalized spacial score (nSPS) is 26.4. The summed E-state index contributed by atoms with van der Waals surface area (Å²) >= 11 is 0. The van der Waals surface area contributed by atoms with Gasteiger partial charge in [0.25, 0.3) is 0 Å². The van der Waals surface area contributed by atoms with Crippen molar-refractivity contribution in [3.63, 3.8) is 0 Å². The topological polar surface area (TPSA) is 46.1 Å². The Kier molecular flexibility index (Phi) is 4.62. The number of rotatable bonds is 4. The van der Waals surface area contributed by atoms with E-state index in [0.29, 0.717) is 17.8 Å². The van der Waals surface area contributed by atoms with Gasteiger partial charge in [-0.05, 0) is 50.3 Å². The summed E-state index contributed by atoms with van der Waals surface area (Å²) in [7, 11) is 0. The lowest BCUT2D eigenvalue weighted by Crippen LogP contribution is -2.52. The second kappa shape index (κ2) is 7.04. The number of Topliss-reactive ketones (excluding diaryl/α,β-unsaturated/α-hetero) is 1. The van der Waals surface area contributed by atoms with Crippen molar-refractivity contribution in [3.8, 4) is 0 Å². The highest BCUT2D eigenvalue weighted by Gasteiger charge is 2.40. The molecule has 2 bridgehead atoms. The van der Waals surface area contributed by atoms with Crippen LogP contribution in [0.4, 0.5) is 0 Å². The van der Waals surface area contributed by atoms with Gasteiger partial charge in [-0.2, -0.15) is 5.10 Å². The molecule has 25 heavy (non-hydrogen) atoms. The van der Waals surface area contributed by atoms with Crippen LogP contribution in [0.15, 0.2) is 42.5 Å². The largest absolute Gasteiger partial charge is 0.293 e. The molecule has 2 unspecified atom stereocenters. The van der Waals surface area contributed by atoms with Crippen molar-refractivity contribution in [1.29, 1.82) is 0 Å². The van der Waals surface area contributed by atoms with Gasteiger partial charge in [0, 0.05) is 24.5 Å². The fraction of sp³-hybridized carbons (Fsp3) is 0.476. The van der Waals surface area contributed by atoms with Gasteiger partial charge in [0.05, 0.1) is 5.69 Å². The Hall–Kier alpha value is -2.07. The van der Waals surface area contributed by atoms with Gasteiger partial charge in [0.15, 0.2) is 5.78 Å². The Morgan fingerprint density at radius 1 is 1.04 bits per heavy atom. The minimum absolute atomic E-state index is 0.0966. The molecule has 0 aliphatic carbocycles. The summed E-state index contributed by atoms with van der Waals surface area (Å²) < 4.78 is 0. The Morgan fingerprint density at radius 3 is 2.40 bits per heavy atom. The van der Waals surface area contributed by atoms with Crippen molar-refractivity contribution in [2.24, 2.45) is 5.92 Å². The maximum atomic E-state index is 12.9. The average Bonchev–Trinajstić information content (AvgIpc) is 2.62. The molecule has 4 nitrogen and oxygen atoms in total. The number of fused-ring (bicyclic) bond motifs is 2. The van der Waals surface area contributed by atoms with Crippen LogP contribution in [-0.4, -0.2) is 33.0 Å². The van der Waals surface area contributed by atoms with Crippen molar-refractivity contribution in [2.45, 2.75) is 57.7 Å². The third-order valence-electron chi connectivity index (χ3n) is 5.76. The lowest BCUT2D eigenvalue weighted by Gasteiger charge is -2.48. The molecule has 130 valence electrons. The minimum Gasteiger partial charge on any atom is -0.293 e. The van der Waals surface area contributed by atoms with Gasteiger partial charge in [-0.3, -0.25) is 9.69 Å². The Bertz CT molecular complexity index is 715. The highest BCUT2D eigenvalue weighted by atomic mass is 16.1. The molecule has 1 aromatic heterocycles. The van der Waals surface area contributed by atoms with Gasteiger partial charge in [0.1, 0.15) is 5.69 Å². The Labute approximate surface area is 149 Å². The first-order chi connectivity index (χ1) is 12.2. The van der Waals surface area contributed by atoms with E-state index >= 15 is 0 Å². The van der Waals surface area contributed by atoms with E-state index in [-0.39, 0.29) is 11.7 Å². The van der Waals surface area contributed by atoms with Crippen LogP contribution < -0.4 is 0 Å². The molecule has 2 atom stereocenters. The van der Waals surface area contributed by atoms with Crippen LogP contribution in [0.2, 0.25) is 0 Å². The van der Waals surface area contributed by atoms with E-state index < -0.39 is 0 Å². The average molecular weight is 335 g/mol. The molecule has 1 aromatic carbocycles. The molecule has 2 aliphatic heterocycles. The molecule has 0 saturated carbocycles. The molecule has 0 radical (unpaired) electrons. The first-order valence-electron chi connectivity index (χ1n) is 9.35. The summed E-state index contributed by atoms with van der Waals surface area (Å²) in [5, 5.41) is 8.18. The SMILES string of the molecule is Cc1ccc(C(=O)C2CC3CCCC(C2)N3Cc2ccccc2)nn1. The second-order valence-electron chi connectivity index (χ2n) is 7.49. The monoisotopic (exact) mass is 335 g/mol. The Morgan fingerprint density at radius 2 is 1.76 bits per heavy atom. The van der Waals surface area contributed by atoms with Gasteiger partial charge in [0.2, 0.25) is 0 Å². The number of hydrogen-bond donors (Lipinski definition) is 0. The quantitative estimate of drug-likeness (QED) is 0.797. The van der Waals surface area contributed by atoms with E-state index in [1.54, 1.807) is 0 Å². The molecule has 0 N–H and O–H groups in total. The Balaban J connectivity index is 1.49. The van der Waals surface area contributed by atoms with Crippen LogP contribution in [0.25, 0.3) is 0 Å². The maximum absolute atomic E-state index is 12.9. The predicted octanol–water partition coefficient (Wildman–Crippen LogP) is 3.80. The van der Waals surface area contributed by atoms with Crippen molar-refractivity contribution < 1.29 is 4.79 Å². The van der Waals surface area contributed by atoms with Crippen LogP contribution >= 0.6 is 0 Å². The molecule has 2 fully saturated rings. The van der Waals surface area contributed by atoms with Crippen molar-refractivity contribution >= 4 is 5.78 Å².